The molecule has 0 saturated heterocycles. The fourth-order valence-electron chi connectivity index (χ4n) is 6.11. The summed E-state index contributed by atoms with van der Waals surface area (Å²) in [5.74, 6) is 1.90. The third-order valence-electron chi connectivity index (χ3n) is 6.75. The van der Waals surface area contributed by atoms with Crippen molar-refractivity contribution in [3.63, 3.8) is 0 Å². The number of ether oxygens (including phenoxy) is 2. The normalized spacial score (nSPS) is 33.1. The maximum atomic E-state index is 13.0. The zero-order valence-corrected chi connectivity index (χ0v) is 16.0. The first kappa shape index (κ1) is 17.7. The number of aromatic nitrogens is 1. The Morgan fingerprint density at radius 1 is 1.25 bits per heavy atom. The van der Waals surface area contributed by atoms with Gasteiger partial charge >= 0.3 is 5.97 Å². The van der Waals surface area contributed by atoms with Crippen molar-refractivity contribution >= 4 is 5.97 Å². The quantitative estimate of drug-likeness (QED) is 0.793. The van der Waals surface area contributed by atoms with Crippen LogP contribution >= 0.6 is 0 Å². The third-order valence-corrected chi connectivity index (χ3v) is 6.75. The molecule has 4 aliphatic rings. The van der Waals surface area contributed by atoms with Crippen LogP contribution in [0.4, 0.5) is 0 Å². The number of benzene rings is 1. The molecule has 0 unspecified atom stereocenters. The molecule has 4 fully saturated rings. The van der Waals surface area contributed by atoms with E-state index in [1.165, 1.54) is 0 Å². The summed E-state index contributed by atoms with van der Waals surface area (Å²) in [4.78, 5) is 13.0. The minimum Gasteiger partial charge on any atom is -0.496 e. The smallest absolute Gasteiger partial charge is 0.312 e. The second kappa shape index (κ2) is 6.34. The van der Waals surface area contributed by atoms with Gasteiger partial charge in [-0.3, -0.25) is 4.79 Å². The lowest BCUT2D eigenvalue weighted by Gasteiger charge is -2.58. The lowest BCUT2D eigenvalue weighted by molar-refractivity contribution is -0.197. The molecule has 1 aromatic carbocycles. The van der Waals surface area contributed by atoms with E-state index in [4.69, 9.17) is 14.0 Å². The van der Waals surface area contributed by atoms with Crippen LogP contribution in [0.1, 0.15) is 44.3 Å². The summed E-state index contributed by atoms with van der Waals surface area (Å²) in [6.07, 6.45) is 5.03. The standard InChI is InChI=1S/C22H25NO5/c1-26-19-5-3-2-4-17(19)18-7-16(28-23-18)12-27-20(24)21-8-14-6-15(9-21)11-22(25,10-14)13-21/h2-5,7,14-15,25H,6,8-13H2,1H3/t14-,15-,21?,22?/m1/s1. The van der Waals surface area contributed by atoms with Crippen LogP contribution in [0.15, 0.2) is 34.9 Å². The van der Waals surface area contributed by atoms with Crippen molar-refractivity contribution in [2.45, 2.75) is 50.7 Å². The van der Waals surface area contributed by atoms with E-state index < -0.39 is 11.0 Å². The van der Waals surface area contributed by atoms with Crippen LogP contribution in [0.25, 0.3) is 11.3 Å². The summed E-state index contributed by atoms with van der Waals surface area (Å²) < 4.78 is 16.4. The van der Waals surface area contributed by atoms with Gasteiger partial charge in [0, 0.05) is 11.6 Å². The molecule has 0 amide bonds. The highest BCUT2D eigenvalue weighted by Gasteiger charge is 2.60. The van der Waals surface area contributed by atoms with Crippen molar-refractivity contribution in [2.24, 2.45) is 17.3 Å². The van der Waals surface area contributed by atoms with Gasteiger partial charge in [0.1, 0.15) is 11.4 Å². The highest BCUT2D eigenvalue weighted by atomic mass is 16.6. The van der Waals surface area contributed by atoms with E-state index in [1.807, 2.05) is 24.3 Å². The highest BCUT2D eigenvalue weighted by molar-refractivity contribution is 5.78. The van der Waals surface area contributed by atoms with Crippen molar-refractivity contribution in [1.82, 2.24) is 5.16 Å². The number of hydrogen-bond acceptors (Lipinski definition) is 6. The molecule has 148 valence electrons. The lowest BCUT2D eigenvalue weighted by atomic mass is 9.48. The fourth-order valence-corrected chi connectivity index (χ4v) is 6.11. The molecule has 6 heteroatoms. The van der Waals surface area contributed by atoms with Crippen LogP contribution in [-0.2, 0) is 16.1 Å². The molecular weight excluding hydrogens is 358 g/mol. The van der Waals surface area contributed by atoms with E-state index in [1.54, 1.807) is 13.2 Å². The first-order chi connectivity index (χ1) is 13.5. The highest BCUT2D eigenvalue weighted by Crippen LogP contribution is 2.62. The minimum atomic E-state index is -0.674. The predicted molar refractivity (Wildman–Crippen MR) is 100 cm³/mol. The topological polar surface area (TPSA) is 81.8 Å². The van der Waals surface area contributed by atoms with E-state index in [-0.39, 0.29) is 12.6 Å². The summed E-state index contributed by atoms with van der Waals surface area (Å²) in [7, 11) is 1.61. The van der Waals surface area contributed by atoms with Crippen LogP contribution in [0.3, 0.4) is 0 Å². The molecule has 0 aliphatic heterocycles. The van der Waals surface area contributed by atoms with Gasteiger partial charge in [-0.2, -0.15) is 0 Å². The second-order valence-electron chi connectivity index (χ2n) is 8.92. The fraction of sp³-hybridized carbons (Fsp3) is 0.545. The molecule has 4 aliphatic carbocycles. The Labute approximate surface area is 163 Å². The zero-order valence-electron chi connectivity index (χ0n) is 16.0. The first-order valence-electron chi connectivity index (χ1n) is 9.97. The van der Waals surface area contributed by atoms with Crippen LogP contribution in [0.5, 0.6) is 5.75 Å². The molecule has 1 aromatic heterocycles. The molecule has 0 spiro atoms. The molecule has 6 rings (SSSR count). The summed E-state index contributed by atoms with van der Waals surface area (Å²) in [6, 6.07) is 9.34. The van der Waals surface area contributed by atoms with Gasteiger partial charge in [0.2, 0.25) is 0 Å². The number of rotatable bonds is 5. The molecule has 0 radical (unpaired) electrons. The number of carbonyl (C=O) groups excluding carboxylic acids is 1. The van der Waals surface area contributed by atoms with Crippen LogP contribution < -0.4 is 4.74 Å². The number of aliphatic hydroxyl groups is 1. The number of hydrogen-bond donors (Lipinski definition) is 1. The van der Waals surface area contributed by atoms with E-state index >= 15 is 0 Å². The largest absolute Gasteiger partial charge is 0.496 e. The number of para-hydroxylation sites is 1. The average molecular weight is 383 g/mol. The number of esters is 1. The number of methoxy groups -OCH3 is 1. The Kier molecular flexibility index (Phi) is 4.02. The minimum absolute atomic E-state index is 0.0521. The van der Waals surface area contributed by atoms with Gasteiger partial charge in [-0.15, -0.1) is 0 Å². The van der Waals surface area contributed by atoms with Crippen molar-refractivity contribution in [3.05, 3.63) is 36.1 Å². The Morgan fingerprint density at radius 2 is 2.00 bits per heavy atom. The lowest BCUT2D eigenvalue weighted by Crippen LogP contribution is -2.58. The maximum Gasteiger partial charge on any atom is 0.312 e. The van der Waals surface area contributed by atoms with Crippen LogP contribution in [-0.4, -0.2) is 28.9 Å². The summed E-state index contributed by atoms with van der Waals surface area (Å²) in [5, 5.41) is 14.9. The molecule has 2 aromatic rings. The zero-order chi connectivity index (χ0) is 19.4. The molecule has 28 heavy (non-hydrogen) atoms. The van der Waals surface area contributed by atoms with Crippen molar-refractivity contribution in [2.75, 3.05) is 7.11 Å². The van der Waals surface area contributed by atoms with Gasteiger partial charge in [0.25, 0.3) is 0 Å². The summed E-state index contributed by atoms with van der Waals surface area (Å²) >= 11 is 0. The Balaban J connectivity index is 1.29. The van der Waals surface area contributed by atoms with E-state index in [2.05, 4.69) is 5.16 Å². The Hall–Kier alpha value is -2.34. The summed E-state index contributed by atoms with van der Waals surface area (Å²) in [6.45, 7) is 0.0521. The van der Waals surface area contributed by atoms with Crippen molar-refractivity contribution in [1.29, 1.82) is 0 Å². The van der Waals surface area contributed by atoms with Gasteiger partial charge < -0.3 is 19.1 Å². The van der Waals surface area contributed by atoms with Gasteiger partial charge in [0.05, 0.1) is 18.1 Å². The predicted octanol–water partition coefficient (Wildman–Crippen LogP) is 3.72. The molecule has 1 N–H and O–H groups in total. The second-order valence-corrected chi connectivity index (χ2v) is 8.92. The summed E-state index contributed by atoms with van der Waals surface area (Å²) in [5.41, 5.74) is 0.277. The molecule has 1 heterocycles. The number of nitrogens with zero attached hydrogens (tertiary/aromatic N) is 1. The van der Waals surface area contributed by atoms with Gasteiger partial charge in [-0.25, -0.2) is 0 Å². The van der Waals surface area contributed by atoms with E-state index in [9.17, 15) is 9.90 Å². The first-order valence-corrected chi connectivity index (χ1v) is 9.97. The Bertz CT molecular complexity index is 890. The molecule has 4 saturated carbocycles. The van der Waals surface area contributed by atoms with Gasteiger partial charge in [-0.05, 0) is 62.5 Å². The van der Waals surface area contributed by atoms with E-state index in [0.717, 1.165) is 37.7 Å². The number of carbonyl (C=O) groups is 1. The maximum absolute atomic E-state index is 13.0. The van der Waals surface area contributed by atoms with Gasteiger partial charge in [-0.1, -0.05) is 17.3 Å². The van der Waals surface area contributed by atoms with Gasteiger partial charge in [0.15, 0.2) is 12.4 Å². The van der Waals surface area contributed by atoms with E-state index in [0.29, 0.717) is 35.5 Å². The third kappa shape index (κ3) is 2.91. The van der Waals surface area contributed by atoms with Crippen LogP contribution in [0, 0.1) is 17.3 Å². The SMILES string of the molecule is COc1ccccc1-c1cc(COC(=O)C23C[C@H]4C[C@@H](CC(O)(C4)C2)C3)on1. The molecule has 2 atom stereocenters. The average Bonchev–Trinajstić information content (AvgIpc) is 3.13. The molecule has 6 nitrogen and oxygen atoms in total. The molecular formula is C22H25NO5. The monoisotopic (exact) mass is 383 g/mol. The Morgan fingerprint density at radius 3 is 2.71 bits per heavy atom. The van der Waals surface area contributed by atoms with Crippen molar-refractivity contribution in [3.8, 4) is 17.0 Å². The molecule has 4 bridgehead atoms. The van der Waals surface area contributed by atoms with Crippen LogP contribution in [0.2, 0.25) is 0 Å². The van der Waals surface area contributed by atoms with Crippen molar-refractivity contribution < 1.29 is 23.9 Å².